The number of benzene rings is 2. The summed E-state index contributed by atoms with van der Waals surface area (Å²) in [5, 5.41) is 0. The zero-order valence-electron chi connectivity index (χ0n) is 11.6. The molecular weight excluding hydrogens is 250 g/mol. The van der Waals surface area contributed by atoms with E-state index >= 15 is 0 Å². The van der Waals surface area contributed by atoms with Crippen LogP contribution in [0.4, 0.5) is 0 Å². The van der Waals surface area contributed by atoms with Gasteiger partial charge in [-0.1, -0.05) is 42.0 Å². The van der Waals surface area contributed by atoms with Gasteiger partial charge in [-0.05, 0) is 36.6 Å². The van der Waals surface area contributed by atoms with Crippen molar-refractivity contribution in [3.05, 3.63) is 65.2 Å². The van der Waals surface area contributed by atoms with Crippen LogP contribution < -0.4 is 10.5 Å². The Morgan fingerprint density at radius 2 is 1.60 bits per heavy atom. The highest BCUT2D eigenvalue weighted by atomic mass is 16.5. The van der Waals surface area contributed by atoms with Gasteiger partial charge in [-0.2, -0.15) is 0 Å². The minimum Gasteiger partial charge on any atom is -0.489 e. The third-order valence-corrected chi connectivity index (χ3v) is 3.11. The molecule has 104 valence electrons. The van der Waals surface area contributed by atoms with Gasteiger partial charge in [-0.3, -0.25) is 4.79 Å². The summed E-state index contributed by atoms with van der Waals surface area (Å²) < 4.78 is 5.72. The Hall–Kier alpha value is -2.29. The zero-order chi connectivity index (χ0) is 14.4. The summed E-state index contributed by atoms with van der Waals surface area (Å²) in [6.45, 7) is 2.62. The molecule has 3 nitrogen and oxygen atoms in total. The smallest absolute Gasteiger partial charge is 0.217 e. The van der Waals surface area contributed by atoms with Crippen molar-refractivity contribution in [2.75, 3.05) is 0 Å². The molecular formula is C17H19NO2. The molecule has 3 heteroatoms. The van der Waals surface area contributed by atoms with Crippen molar-refractivity contribution in [2.24, 2.45) is 5.73 Å². The predicted molar refractivity (Wildman–Crippen MR) is 79.5 cm³/mol. The van der Waals surface area contributed by atoms with Crippen molar-refractivity contribution in [1.29, 1.82) is 0 Å². The van der Waals surface area contributed by atoms with Gasteiger partial charge in [0.25, 0.3) is 0 Å². The molecule has 2 aromatic carbocycles. The van der Waals surface area contributed by atoms with Crippen LogP contribution in [0.5, 0.6) is 5.75 Å². The van der Waals surface area contributed by atoms with Crippen LogP contribution in [0.25, 0.3) is 0 Å². The molecule has 0 atom stereocenters. The molecule has 2 rings (SSSR count). The van der Waals surface area contributed by atoms with Gasteiger partial charge in [0, 0.05) is 6.42 Å². The Labute approximate surface area is 119 Å². The van der Waals surface area contributed by atoms with Crippen LogP contribution in [-0.4, -0.2) is 5.91 Å². The Bertz CT molecular complexity index is 559. The minimum absolute atomic E-state index is 0.273. The maximum atomic E-state index is 10.7. The SMILES string of the molecule is Cc1ccc(COc2ccc(CCC(N)=O)cc2)cc1. The van der Waals surface area contributed by atoms with Crippen LogP contribution in [0.2, 0.25) is 0 Å². The molecule has 0 bridgehead atoms. The lowest BCUT2D eigenvalue weighted by atomic mass is 10.1. The maximum absolute atomic E-state index is 10.7. The molecule has 0 saturated carbocycles. The van der Waals surface area contributed by atoms with E-state index in [1.165, 1.54) is 5.56 Å². The summed E-state index contributed by atoms with van der Waals surface area (Å²) in [6.07, 6.45) is 1.05. The number of hydrogen-bond acceptors (Lipinski definition) is 2. The van der Waals surface area contributed by atoms with E-state index in [1.807, 2.05) is 24.3 Å². The van der Waals surface area contributed by atoms with Gasteiger partial charge in [0.1, 0.15) is 12.4 Å². The second kappa shape index (κ2) is 6.75. The molecule has 0 heterocycles. The molecule has 0 spiro atoms. The Morgan fingerprint density at radius 1 is 1.00 bits per heavy atom. The first-order valence-corrected chi connectivity index (χ1v) is 6.69. The summed E-state index contributed by atoms with van der Waals surface area (Å²) in [5.41, 5.74) is 8.61. The number of nitrogens with two attached hydrogens (primary N) is 1. The van der Waals surface area contributed by atoms with Gasteiger partial charge < -0.3 is 10.5 Å². The molecule has 2 aromatic rings. The number of ether oxygens (including phenoxy) is 1. The second-order valence-corrected chi connectivity index (χ2v) is 4.88. The number of amides is 1. The van der Waals surface area contributed by atoms with E-state index in [0.717, 1.165) is 16.9 Å². The topological polar surface area (TPSA) is 52.3 Å². The van der Waals surface area contributed by atoms with E-state index in [1.54, 1.807) is 0 Å². The van der Waals surface area contributed by atoms with Crippen molar-refractivity contribution in [3.8, 4) is 5.75 Å². The highest BCUT2D eigenvalue weighted by molar-refractivity contribution is 5.74. The van der Waals surface area contributed by atoms with E-state index in [9.17, 15) is 4.79 Å². The number of rotatable bonds is 6. The van der Waals surface area contributed by atoms with Crippen molar-refractivity contribution in [2.45, 2.75) is 26.4 Å². The summed E-state index contributed by atoms with van der Waals surface area (Å²) >= 11 is 0. The molecule has 0 aromatic heterocycles. The van der Waals surface area contributed by atoms with Crippen molar-refractivity contribution < 1.29 is 9.53 Å². The number of carbonyl (C=O) groups excluding carboxylic acids is 1. The second-order valence-electron chi connectivity index (χ2n) is 4.88. The third kappa shape index (κ3) is 4.43. The molecule has 0 aliphatic carbocycles. The van der Waals surface area contributed by atoms with Crippen LogP contribution in [0, 0.1) is 6.92 Å². The van der Waals surface area contributed by atoms with Gasteiger partial charge in [-0.25, -0.2) is 0 Å². The van der Waals surface area contributed by atoms with Crippen molar-refractivity contribution in [3.63, 3.8) is 0 Å². The molecule has 2 N–H and O–H groups in total. The summed E-state index contributed by atoms with van der Waals surface area (Å²) in [6, 6.07) is 16.1. The predicted octanol–water partition coefficient (Wildman–Crippen LogP) is 2.99. The van der Waals surface area contributed by atoms with Gasteiger partial charge in [0.15, 0.2) is 0 Å². The van der Waals surface area contributed by atoms with Gasteiger partial charge in [-0.15, -0.1) is 0 Å². The Morgan fingerprint density at radius 3 is 2.20 bits per heavy atom. The van der Waals surface area contributed by atoms with E-state index in [0.29, 0.717) is 19.4 Å². The van der Waals surface area contributed by atoms with Gasteiger partial charge >= 0.3 is 0 Å². The van der Waals surface area contributed by atoms with Crippen LogP contribution in [0.3, 0.4) is 0 Å². The molecule has 0 unspecified atom stereocenters. The van der Waals surface area contributed by atoms with Gasteiger partial charge in [0.2, 0.25) is 5.91 Å². The molecule has 0 fully saturated rings. The first kappa shape index (κ1) is 14.1. The first-order valence-electron chi connectivity index (χ1n) is 6.69. The van der Waals surface area contributed by atoms with E-state index in [2.05, 4.69) is 31.2 Å². The summed E-state index contributed by atoms with van der Waals surface area (Å²) in [7, 11) is 0. The normalized spacial score (nSPS) is 10.2. The van der Waals surface area contributed by atoms with Crippen LogP contribution in [0.1, 0.15) is 23.1 Å². The number of carbonyl (C=O) groups is 1. The fourth-order valence-corrected chi connectivity index (χ4v) is 1.87. The van der Waals surface area contributed by atoms with E-state index < -0.39 is 0 Å². The average Bonchev–Trinajstić information content (AvgIpc) is 2.45. The Kier molecular flexibility index (Phi) is 4.77. The number of hydrogen-bond donors (Lipinski definition) is 1. The molecule has 20 heavy (non-hydrogen) atoms. The van der Waals surface area contributed by atoms with Crippen molar-refractivity contribution in [1.82, 2.24) is 0 Å². The standard InChI is InChI=1S/C17H19NO2/c1-13-2-4-15(5-3-13)12-20-16-9-6-14(7-10-16)8-11-17(18)19/h2-7,9-10H,8,11-12H2,1H3,(H2,18,19). The van der Waals surface area contributed by atoms with E-state index in [4.69, 9.17) is 10.5 Å². The van der Waals surface area contributed by atoms with Crippen molar-refractivity contribution >= 4 is 5.91 Å². The van der Waals surface area contributed by atoms with Gasteiger partial charge in [0.05, 0.1) is 0 Å². The van der Waals surface area contributed by atoms with Crippen LogP contribution >= 0.6 is 0 Å². The monoisotopic (exact) mass is 269 g/mol. The lowest BCUT2D eigenvalue weighted by molar-refractivity contribution is -0.117. The average molecular weight is 269 g/mol. The molecule has 0 aliphatic heterocycles. The first-order chi connectivity index (χ1) is 9.63. The highest BCUT2D eigenvalue weighted by Gasteiger charge is 1.99. The highest BCUT2D eigenvalue weighted by Crippen LogP contribution is 2.15. The fraction of sp³-hybridized carbons (Fsp3) is 0.235. The summed E-state index contributed by atoms with van der Waals surface area (Å²) in [5.74, 6) is 0.554. The number of primary amides is 1. The molecule has 1 amide bonds. The lowest BCUT2D eigenvalue weighted by Crippen LogP contribution is -2.11. The summed E-state index contributed by atoms with van der Waals surface area (Å²) in [4.78, 5) is 10.7. The number of aryl methyl sites for hydroxylation is 2. The molecule has 0 aliphatic rings. The fourth-order valence-electron chi connectivity index (χ4n) is 1.87. The largest absolute Gasteiger partial charge is 0.489 e. The third-order valence-electron chi connectivity index (χ3n) is 3.11. The maximum Gasteiger partial charge on any atom is 0.217 e. The van der Waals surface area contributed by atoms with Crippen LogP contribution in [0.15, 0.2) is 48.5 Å². The van der Waals surface area contributed by atoms with Crippen LogP contribution in [-0.2, 0) is 17.8 Å². The molecule has 0 saturated heterocycles. The lowest BCUT2D eigenvalue weighted by Gasteiger charge is -2.07. The zero-order valence-corrected chi connectivity index (χ0v) is 11.6. The minimum atomic E-state index is -0.273. The van der Waals surface area contributed by atoms with E-state index in [-0.39, 0.29) is 5.91 Å². The molecule has 0 radical (unpaired) electrons. The Balaban J connectivity index is 1.87. The quantitative estimate of drug-likeness (QED) is 0.876.